The fourth-order valence-corrected chi connectivity index (χ4v) is 4.89. The van der Waals surface area contributed by atoms with Gasteiger partial charge in [-0.3, -0.25) is 0 Å². The number of rotatable bonds is 3. The van der Waals surface area contributed by atoms with Crippen LogP contribution in [0.25, 0.3) is 0 Å². The topological polar surface area (TPSA) is 17.1 Å². The summed E-state index contributed by atoms with van der Waals surface area (Å²) in [6.07, 6.45) is 0.500. The van der Waals surface area contributed by atoms with E-state index in [1.54, 1.807) is 0 Å². The van der Waals surface area contributed by atoms with Crippen molar-refractivity contribution < 1.29 is 27.2 Å². The molecule has 0 amide bonds. The Bertz CT molecular complexity index is 578. The predicted molar refractivity (Wildman–Crippen MR) is 98.0 cm³/mol. The van der Waals surface area contributed by atoms with Crippen LogP contribution < -0.4 is 15.9 Å². The summed E-state index contributed by atoms with van der Waals surface area (Å²) >= 11 is 0. The molecule has 0 heterocycles. The molecule has 0 aromatic heterocycles. The van der Waals surface area contributed by atoms with E-state index < -0.39 is 7.92 Å². The Balaban J connectivity index is 0.000000615. The maximum absolute atomic E-state index is 8.69. The average molecular weight is 503 g/mol. The van der Waals surface area contributed by atoms with Gasteiger partial charge in [-0.05, 0) is 42.7 Å². The third kappa shape index (κ3) is 5.82. The average Bonchev–Trinajstić information content (AvgIpc) is 2.59. The molecule has 0 atom stereocenters. The van der Waals surface area contributed by atoms with Gasteiger partial charge in [0.15, 0.2) is 0 Å². The largest absolute Gasteiger partial charge is 1.00 e. The Labute approximate surface area is 155 Å². The van der Waals surface area contributed by atoms with Crippen LogP contribution in [-0.2, 0) is 27.2 Å². The second-order valence-corrected chi connectivity index (χ2v) is 7.12. The van der Waals surface area contributed by atoms with Gasteiger partial charge < -0.3 is 11.7 Å². The Morgan fingerprint density at radius 1 is 0.609 bits per heavy atom. The zero-order valence-corrected chi connectivity index (χ0v) is 15.8. The summed E-state index contributed by atoms with van der Waals surface area (Å²) in [4.78, 5) is 8.69. The molecule has 0 aliphatic carbocycles. The van der Waals surface area contributed by atoms with Crippen LogP contribution >= 0.6 is 7.92 Å². The van der Waals surface area contributed by atoms with Crippen LogP contribution in [0.1, 0.15) is 0 Å². The Hall–Kier alpha value is -1.63. The van der Waals surface area contributed by atoms with E-state index in [1.165, 1.54) is 15.9 Å². The van der Waals surface area contributed by atoms with E-state index in [-0.39, 0.29) is 22.4 Å². The molecule has 3 aromatic rings. The van der Waals surface area contributed by atoms with E-state index >= 15 is 0 Å². The summed E-state index contributed by atoms with van der Waals surface area (Å²) in [5.74, 6) is 0. The molecular formula is C20H19AuOP+. The van der Waals surface area contributed by atoms with Gasteiger partial charge in [-0.25, -0.2) is 0 Å². The number of carbonyl (C=O) groups is 1. The monoisotopic (exact) mass is 503 g/mol. The minimum atomic E-state index is -0.877. The molecule has 0 saturated carbocycles. The van der Waals surface area contributed by atoms with Crippen LogP contribution in [0.3, 0.4) is 0 Å². The second kappa shape index (κ2) is 11.0. The standard InChI is InChI=1S/C18H15P.C2H3O.Au/c1-4-10-16(11-5-1)19(17-12-6-2-7-13-17)18-14-8-3-9-15-18;1-2-3;/h1-15H;2H,1H2;/q;-1;+1/p+1. The Morgan fingerprint density at radius 2 is 0.826 bits per heavy atom. The summed E-state index contributed by atoms with van der Waals surface area (Å²) in [7, 11) is -0.877. The summed E-state index contributed by atoms with van der Waals surface area (Å²) in [5, 5.41) is 4.31. The Kier molecular flexibility index (Phi) is 9.28. The molecule has 3 heteroatoms. The summed E-state index contributed by atoms with van der Waals surface area (Å²) < 4.78 is 0. The fraction of sp³-hybridized carbons (Fsp3) is 0. The van der Waals surface area contributed by atoms with Crippen molar-refractivity contribution in [2.24, 2.45) is 0 Å². The SMILES string of the molecule is [Au+].[CH2-]C=O.c1ccc([PH+](c2ccccc2)c2ccccc2)cc1. The molecule has 0 N–H and O–H groups in total. The van der Waals surface area contributed by atoms with Gasteiger partial charge in [0.05, 0.1) is 7.92 Å². The van der Waals surface area contributed by atoms with Gasteiger partial charge in [-0.2, -0.15) is 0 Å². The van der Waals surface area contributed by atoms with Crippen molar-refractivity contribution in [2.45, 2.75) is 0 Å². The molecule has 0 unspecified atom stereocenters. The first-order valence-electron chi connectivity index (χ1n) is 7.13. The van der Waals surface area contributed by atoms with E-state index in [2.05, 4.69) is 97.9 Å². The first kappa shape index (κ1) is 19.4. The van der Waals surface area contributed by atoms with Gasteiger partial charge in [0.1, 0.15) is 15.9 Å². The molecule has 0 bridgehead atoms. The molecule has 0 fully saturated rings. The number of benzene rings is 3. The van der Waals surface area contributed by atoms with Crippen LogP contribution in [-0.4, -0.2) is 6.29 Å². The minimum absolute atomic E-state index is 0. The van der Waals surface area contributed by atoms with E-state index in [1.807, 2.05) is 0 Å². The van der Waals surface area contributed by atoms with Crippen molar-refractivity contribution in [3.63, 3.8) is 0 Å². The third-order valence-corrected chi connectivity index (χ3v) is 5.92. The van der Waals surface area contributed by atoms with E-state index in [4.69, 9.17) is 4.79 Å². The smallest absolute Gasteiger partial charge is 0.343 e. The zero-order chi connectivity index (χ0) is 15.6. The van der Waals surface area contributed by atoms with Crippen molar-refractivity contribution in [3.8, 4) is 0 Å². The molecular weight excluding hydrogens is 484 g/mol. The number of hydrogen-bond donors (Lipinski definition) is 0. The van der Waals surface area contributed by atoms with Gasteiger partial charge in [-0.15, -0.1) is 0 Å². The Morgan fingerprint density at radius 3 is 1.04 bits per heavy atom. The van der Waals surface area contributed by atoms with Crippen molar-refractivity contribution >= 4 is 30.1 Å². The van der Waals surface area contributed by atoms with Crippen LogP contribution in [0.15, 0.2) is 91.0 Å². The van der Waals surface area contributed by atoms with Gasteiger partial charge in [-0.1, -0.05) is 54.6 Å². The van der Waals surface area contributed by atoms with Crippen LogP contribution in [0.2, 0.25) is 0 Å². The quantitative estimate of drug-likeness (QED) is 0.232. The van der Waals surface area contributed by atoms with Crippen molar-refractivity contribution in [1.82, 2.24) is 0 Å². The normalized spacial score (nSPS) is 9.26. The van der Waals surface area contributed by atoms with Crippen LogP contribution in [0, 0.1) is 6.92 Å². The van der Waals surface area contributed by atoms with Crippen LogP contribution in [0.4, 0.5) is 0 Å². The summed E-state index contributed by atoms with van der Waals surface area (Å²) in [6, 6.07) is 32.5. The maximum atomic E-state index is 8.69. The third-order valence-electron chi connectivity index (χ3n) is 3.19. The minimum Gasteiger partial charge on any atom is -0.343 e. The number of carbonyl (C=O) groups excluding carboxylic acids is 1. The molecule has 120 valence electrons. The zero-order valence-electron chi connectivity index (χ0n) is 12.7. The molecule has 0 radical (unpaired) electrons. The molecule has 23 heavy (non-hydrogen) atoms. The van der Waals surface area contributed by atoms with E-state index in [0.29, 0.717) is 6.29 Å². The molecule has 3 rings (SSSR count). The fourth-order valence-electron chi connectivity index (χ4n) is 2.31. The molecule has 1 nitrogen and oxygen atoms in total. The number of hydrogen-bond acceptors (Lipinski definition) is 1. The first-order valence-corrected chi connectivity index (χ1v) is 8.63. The molecule has 3 aromatic carbocycles. The van der Waals surface area contributed by atoms with Gasteiger partial charge in [0, 0.05) is 0 Å². The molecule has 0 aliphatic heterocycles. The first-order chi connectivity index (χ1) is 10.9. The van der Waals surface area contributed by atoms with Crippen molar-refractivity contribution in [2.75, 3.05) is 0 Å². The van der Waals surface area contributed by atoms with E-state index in [9.17, 15) is 0 Å². The van der Waals surface area contributed by atoms with Gasteiger partial charge in [0.25, 0.3) is 0 Å². The van der Waals surface area contributed by atoms with Gasteiger partial charge in [0.2, 0.25) is 0 Å². The molecule has 0 aliphatic rings. The molecule has 0 spiro atoms. The summed E-state index contributed by atoms with van der Waals surface area (Å²) in [5.41, 5.74) is 0. The van der Waals surface area contributed by atoms with Crippen LogP contribution in [0.5, 0.6) is 0 Å². The predicted octanol–water partition coefficient (Wildman–Crippen LogP) is 3.19. The van der Waals surface area contributed by atoms with Gasteiger partial charge >= 0.3 is 22.4 Å². The van der Waals surface area contributed by atoms with Crippen molar-refractivity contribution in [1.29, 1.82) is 0 Å². The second-order valence-electron chi connectivity index (χ2n) is 4.64. The number of aldehydes is 1. The molecule has 0 saturated heterocycles. The summed E-state index contributed by atoms with van der Waals surface area (Å²) in [6.45, 7) is 2.81. The maximum Gasteiger partial charge on any atom is 1.00 e. The van der Waals surface area contributed by atoms with Crippen molar-refractivity contribution in [3.05, 3.63) is 97.9 Å². The van der Waals surface area contributed by atoms with E-state index in [0.717, 1.165) is 0 Å².